The van der Waals surface area contributed by atoms with Gasteiger partial charge in [-0.3, -0.25) is 9.59 Å². The Morgan fingerprint density at radius 2 is 0.651 bits per heavy atom. The van der Waals surface area contributed by atoms with Crippen molar-refractivity contribution in [2.45, 2.75) is 309 Å². The zero-order valence-electron chi connectivity index (χ0n) is 54.6. The molecule has 0 rings (SSSR count). The average Bonchev–Trinajstić information content (AvgIpc) is 3.46. The van der Waals surface area contributed by atoms with Crippen molar-refractivity contribution in [2.75, 3.05) is 47.5 Å². The van der Waals surface area contributed by atoms with E-state index in [9.17, 15) is 19.5 Å². The van der Waals surface area contributed by atoms with Gasteiger partial charge in [0.25, 0.3) is 6.29 Å². The van der Waals surface area contributed by atoms with Crippen molar-refractivity contribution >= 4 is 17.9 Å². The van der Waals surface area contributed by atoms with E-state index in [0.717, 1.165) is 96.3 Å². The third-order valence-corrected chi connectivity index (χ3v) is 14.8. The Labute approximate surface area is 512 Å². The van der Waals surface area contributed by atoms with E-state index in [2.05, 4.69) is 111 Å². The Kier molecular flexibility index (Phi) is 61.3. The Morgan fingerprint density at radius 1 is 0.361 bits per heavy atom. The van der Waals surface area contributed by atoms with E-state index in [-0.39, 0.29) is 38.6 Å². The number of hydrogen-bond acceptors (Lipinski definition) is 7. The lowest BCUT2D eigenvalue weighted by Gasteiger charge is -2.25. The maximum atomic E-state index is 12.9. The number of carboxylic acid groups (broad SMARTS) is 1. The molecule has 0 aliphatic heterocycles. The Morgan fingerprint density at radius 3 is 0.964 bits per heavy atom. The maximum absolute atomic E-state index is 12.9. The molecule has 478 valence electrons. The van der Waals surface area contributed by atoms with Gasteiger partial charge in [0.2, 0.25) is 0 Å². The standard InChI is InChI=1S/C74H129NO8/c1-6-8-10-12-14-16-18-20-22-24-25-26-27-28-29-30-31-32-33-34-35-36-37-38-39-40-41-42-43-44-45-46-47-49-51-53-55-57-59-61-63-65-72(77)83-70(69-82-74(73(78)79)80-67-66-75(3,4)5)68-81-71(76)64-62-60-58-56-54-52-50-48-23-21-19-17-15-13-11-9-7-2/h8-11,14-17,20-23,25-26,50,52,70,74H,6-7,12-13,18-19,24,27-49,51,53-69H2,1-5H3/p+1/b10-8-,11-9-,16-14-,17-15-,22-20-,23-21-,26-25-,52-50-. The summed E-state index contributed by atoms with van der Waals surface area (Å²) in [6.45, 7) is 4.64. The minimum absolute atomic E-state index is 0.182. The second-order valence-electron chi connectivity index (χ2n) is 24.1. The molecule has 0 aliphatic carbocycles. The molecule has 0 saturated heterocycles. The van der Waals surface area contributed by atoms with Crippen molar-refractivity contribution < 1.29 is 42.9 Å². The molecule has 0 bridgehead atoms. The highest BCUT2D eigenvalue weighted by Crippen LogP contribution is 2.18. The van der Waals surface area contributed by atoms with E-state index < -0.39 is 24.3 Å². The van der Waals surface area contributed by atoms with Crippen molar-refractivity contribution in [3.63, 3.8) is 0 Å². The Balaban J connectivity index is 3.96. The topological polar surface area (TPSA) is 108 Å². The van der Waals surface area contributed by atoms with Crippen LogP contribution in [0.5, 0.6) is 0 Å². The van der Waals surface area contributed by atoms with Crippen LogP contribution in [0.4, 0.5) is 0 Å². The lowest BCUT2D eigenvalue weighted by Crippen LogP contribution is -2.40. The monoisotopic (exact) mass is 1160 g/mol. The van der Waals surface area contributed by atoms with E-state index >= 15 is 0 Å². The van der Waals surface area contributed by atoms with E-state index in [1.54, 1.807) is 0 Å². The molecule has 0 fully saturated rings. The number of allylic oxidation sites excluding steroid dienone is 16. The van der Waals surface area contributed by atoms with Crippen LogP contribution >= 0.6 is 0 Å². The molecule has 0 radical (unpaired) electrons. The van der Waals surface area contributed by atoms with Crippen LogP contribution in [0.3, 0.4) is 0 Å². The number of aliphatic carboxylic acids is 1. The summed E-state index contributed by atoms with van der Waals surface area (Å²) in [5.41, 5.74) is 0. The number of hydrogen-bond donors (Lipinski definition) is 1. The minimum Gasteiger partial charge on any atom is -0.477 e. The summed E-state index contributed by atoms with van der Waals surface area (Å²) in [7, 11) is 5.97. The van der Waals surface area contributed by atoms with Crippen LogP contribution in [0.25, 0.3) is 0 Å². The molecule has 9 heteroatoms. The predicted molar refractivity (Wildman–Crippen MR) is 355 cm³/mol. The first-order valence-electron chi connectivity index (χ1n) is 34.4. The smallest absolute Gasteiger partial charge is 0.361 e. The van der Waals surface area contributed by atoms with Gasteiger partial charge in [0.15, 0.2) is 6.10 Å². The van der Waals surface area contributed by atoms with Gasteiger partial charge in [-0.1, -0.05) is 291 Å². The first kappa shape index (κ1) is 79.2. The SMILES string of the molecule is CC/C=C\C/C=C\C/C=C\C/C=C\CCCCCCCCCCCCCCCCCCCCCCCCCCCCCCC(=O)OC(COC(=O)CCCCCC/C=C\C/C=C\C/C=C\C/C=C\CC)COC(OCC[N+](C)(C)C)C(=O)O. The van der Waals surface area contributed by atoms with Gasteiger partial charge < -0.3 is 28.5 Å². The summed E-state index contributed by atoms with van der Waals surface area (Å²) in [5, 5.41) is 9.72. The van der Waals surface area contributed by atoms with Crippen molar-refractivity contribution in [1.82, 2.24) is 0 Å². The fourth-order valence-electron chi connectivity index (χ4n) is 9.65. The van der Waals surface area contributed by atoms with Crippen molar-refractivity contribution in [2.24, 2.45) is 0 Å². The van der Waals surface area contributed by atoms with Gasteiger partial charge in [-0.05, 0) is 89.9 Å². The van der Waals surface area contributed by atoms with Gasteiger partial charge in [0.05, 0.1) is 34.4 Å². The van der Waals surface area contributed by atoms with Crippen molar-refractivity contribution in [1.29, 1.82) is 0 Å². The number of ether oxygens (including phenoxy) is 4. The average molecular weight is 1160 g/mol. The zero-order chi connectivity index (χ0) is 60.5. The molecule has 9 nitrogen and oxygen atoms in total. The highest BCUT2D eigenvalue weighted by Gasteiger charge is 2.25. The van der Waals surface area contributed by atoms with Crippen LogP contribution in [-0.4, -0.2) is 87.4 Å². The third-order valence-electron chi connectivity index (χ3n) is 14.8. The molecule has 0 aromatic heterocycles. The molecule has 0 aromatic carbocycles. The largest absolute Gasteiger partial charge is 0.477 e. The van der Waals surface area contributed by atoms with Crippen LogP contribution in [0, 0.1) is 0 Å². The summed E-state index contributed by atoms with van der Waals surface area (Å²) in [4.78, 5) is 37.5. The second-order valence-corrected chi connectivity index (χ2v) is 24.1. The number of carboxylic acids is 1. The lowest BCUT2D eigenvalue weighted by molar-refractivity contribution is -0.870. The predicted octanol–water partition coefficient (Wildman–Crippen LogP) is 21.2. The van der Waals surface area contributed by atoms with Gasteiger partial charge in [0, 0.05) is 12.8 Å². The molecular formula is C74H130NO8+. The molecular weight excluding hydrogens is 1030 g/mol. The van der Waals surface area contributed by atoms with Gasteiger partial charge in [0.1, 0.15) is 13.2 Å². The summed E-state index contributed by atoms with van der Waals surface area (Å²) >= 11 is 0. The first-order chi connectivity index (χ1) is 40.6. The summed E-state index contributed by atoms with van der Waals surface area (Å²) < 4.78 is 22.9. The lowest BCUT2D eigenvalue weighted by atomic mass is 10.0. The quantitative estimate of drug-likeness (QED) is 0.0211. The summed E-state index contributed by atoms with van der Waals surface area (Å²) in [6.07, 6.45) is 85.5. The maximum Gasteiger partial charge on any atom is 0.361 e. The number of unbranched alkanes of at least 4 members (excludes halogenated alkanes) is 32. The molecule has 0 saturated carbocycles. The molecule has 0 aromatic rings. The summed E-state index contributed by atoms with van der Waals surface area (Å²) in [5.74, 6) is -2.03. The van der Waals surface area contributed by atoms with Gasteiger partial charge in [-0.15, -0.1) is 0 Å². The number of nitrogens with zero attached hydrogens (tertiary/aromatic N) is 1. The number of quaternary nitrogens is 1. The fraction of sp³-hybridized carbons (Fsp3) is 0.743. The zero-order valence-corrected chi connectivity index (χ0v) is 54.6. The number of likely N-dealkylation sites (N-methyl/N-ethyl adjacent to an activating group) is 1. The van der Waals surface area contributed by atoms with Crippen LogP contribution in [-0.2, 0) is 33.3 Å². The van der Waals surface area contributed by atoms with E-state index in [1.165, 1.54) is 167 Å². The Hall–Kier alpha value is -3.79. The highest BCUT2D eigenvalue weighted by molar-refractivity contribution is 5.71. The Bertz CT molecular complexity index is 1680. The molecule has 0 amide bonds. The number of rotatable bonds is 63. The molecule has 0 aliphatic rings. The third kappa shape index (κ3) is 65.6. The van der Waals surface area contributed by atoms with E-state index in [0.29, 0.717) is 17.4 Å². The number of esters is 2. The first-order valence-corrected chi connectivity index (χ1v) is 34.4. The fourth-order valence-corrected chi connectivity index (χ4v) is 9.65. The summed E-state index contributed by atoms with van der Waals surface area (Å²) in [6, 6.07) is 0. The van der Waals surface area contributed by atoms with Crippen LogP contribution < -0.4 is 0 Å². The van der Waals surface area contributed by atoms with E-state index in [4.69, 9.17) is 18.9 Å². The van der Waals surface area contributed by atoms with Crippen LogP contribution in [0.2, 0.25) is 0 Å². The van der Waals surface area contributed by atoms with E-state index in [1.807, 2.05) is 21.1 Å². The van der Waals surface area contributed by atoms with Crippen molar-refractivity contribution in [3.05, 3.63) is 97.2 Å². The van der Waals surface area contributed by atoms with Crippen molar-refractivity contribution in [3.8, 4) is 0 Å². The normalized spacial score (nSPS) is 13.3. The molecule has 2 unspecified atom stereocenters. The molecule has 83 heavy (non-hydrogen) atoms. The van der Waals surface area contributed by atoms with Gasteiger partial charge >= 0.3 is 17.9 Å². The second kappa shape index (κ2) is 64.2. The highest BCUT2D eigenvalue weighted by atomic mass is 16.7. The van der Waals surface area contributed by atoms with Gasteiger partial charge in [-0.25, -0.2) is 4.79 Å². The molecule has 0 heterocycles. The molecule has 2 atom stereocenters. The molecule has 0 spiro atoms. The number of carbonyl (C=O) groups excluding carboxylic acids is 2. The number of carbonyl (C=O) groups is 3. The minimum atomic E-state index is -1.52. The molecule has 1 N–H and O–H groups in total. The van der Waals surface area contributed by atoms with Crippen LogP contribution in [0.1, 0.15) is 296 Å². The van der Waals surface area contributed by atoms with Crippen LogP contribution in [0.15, 0.2) is 97.2 Å². The van der Waals surface area contributed by atoms with Gasteiger partial charge in [-0.2, -0.15) is 0 Å².